The third-order valence-corrected chi connectivity index (χ3v) is 6.47. The van der Waals surface area contributed by atoms with Gasteiger partial charge in [0.05, 0.1) is 0 Å². The summed E-state index contributed by atoms with van der Waals surface area (Å²) in [5, 5.41) is 6.24. The van der Waals surface area contributed by atoms with Crippen LogP contribution in [0.15, 0.2) is 146 Å². The first kappa shape index (κ1) is 20.9. The molecule has 0 saturated carbocycles. The Morgan fingerprint density at radius 2 is 0.886 bits per heavy atom. The summed E-state index contributed by atoms with van der Waals surface area (Å²) in [6.07, 6.45) is 0. The van der Waals surface area contributed by atoms with Crippen LogP contribution in [0.4, 0.5) is 11.4 Å². The molecule has 6 aromatic carbocycles. The maximum Gasteiger partial charge on any atom is 0.0470 e. The van der Waals surface area contributed by atoms with Crippen LogP contribution in [0.5, 0.6) is 0 Å². The normalized spacial score (nSPS) is 10.9. The van der Waals surface area contributed by atoms with Gasteiger partial charge in [0.25, 0.3) is 0 Å². The van der Waals surface area contributed by atoms with Crippen molar-refractivity contribution in [2.45, 2.75) is 0 Å². The predicted octanol–water partition coefficient (Wildman–Crippen LogP) is 9.58. The molecule has 1 heteroatoms. The topological polar surface area (TPSA) is 12.0 Å². The van der Waals surface area contributed by atoms with Crippen LogP contribution in [-0.4, -0.2) is 0 Å². The van der Waals surface area contributed by atoms with Crippen molar-refractivity contribution in [2.75, 3.05) is 5.32 Å². The lowest BCUT2D eigenvalue weighted by Gasteiger charge is -2.21. The molecule has 1 N–H and O–H groups in total. The lowest BCUT2D eigenvalue weighted by atomic mass is 9.86. The summed E-state index contributed by atoms with van der Waals surface area (Å²) in [4.78, 5) is 0. The van der Waals surface area contributed by atoms with E-state index < -0.39 is 0 Å². The monoisotopic (exact) mass is 447 g/mol. The minimum Gasteiger partial charge on any atom is -0.354 e. The van der Waals surface area contributed by atoms with E-state index in [0.29, 0.717) is 0 Å². The summed E-state index contributed by atoms with van der Waals surface area (Å²) in [6, 6.07) is 51.5. The van der Waals surface area contributed by atoms with Gasteiger partial charge in [-0.25, -0.2) is 0 Å². The maximum absolute atomic E-state index is 3.80. The zero-order valence-electron chi connectivity index (χ0n) is 19.4. The fourth-order valence-electron chi connectivity index (χ4n) is 4.85. The summed E-state index contributed by atoms with van der Waals surface area (Å²) in [5.41, 5.74) is 9.44. The largest absolute Gasteiger partial charge is 0.354 e. The van der Waals surface area contributed by atoms with Gasteiger partial charge >= 0.3 is 0 Å². The fourth-order valence-corrected chi connectivity index (χ4v) is 4.85. The van der Waals surface area contributed by atoms with Crippen molar-refractivity contribution in [1.29, 1.82) is 0 Å². The number of nitrogens with one attached hydrogen (secondary N) is 1. The summed E-state index contributed by atoms with van der Waals surface area (Å²) < 4.78 is 0. The van der Waals surface area contributed by atoms with Crippen molar-refractivity contribution in [3.05, 3.63) is 146 Å². The number of hydrogen-bond donors (Lipinski definition) is 1. The SMILES string of the molecule is c1ccc(-c2ccc(Nc3cccc4ccccc34)c(-c3ccccc3)c2-c2ccccc2)cc1. The molecule has 6 rings (SSSR count). The van der Waals surface area contributed by atoms with E-state index in [2.05, 4.69) is 151 Å². The van der Waals surface area contributed by atoms with Crippen LogP contribution in [0.25, 0.3) is 44.2 Å². The van der Waals surface area contributed by atoms with Gasteiger partial charge in [-0.05, 0) is 45.3 Å². The quantitative estimate of drug-likeness (QED) is 0.277. The van der Waals surface area contributed by atoms with Crippen molar-refractivity contribution in [3.8, 4) is 33.4 Å². The second-order valence-electron chi connectivity index (χ2n) is 8.66. The smallest absolute Gasteiger partial charge is 0.0470 e. The van der Waals surface area contributed by atoms with Crippen molar-refractivity contribution < 1.29 is 0 Å². The Morgan fingerprint density at radius 3 is 1.57 bits per heavy atom. The van der Waals surface area contributed by atoms with E-state index >= 15 is 0 Å². The second-order valence-corrected chi connectivity index (χ2v) is 8.66. The standard InChI is InChI=1S/C34H25N/c1-4-13-26(14-5-1)30-23-24-32(35-31-22-12-20-25-15-10-11-21-29(25)31)34(28-18-8-3-9-19-28)33(30)27-16-6-2-7-17-27/h1-24,35H. The van der Waals surface area contributed by atoms with E-state index in [4.69, 9.17) is 0 Å². The van der Waals surface area contributed by atoms with Crippen LogP contribution in [0.3, 0.4) is 0 Å². The number of hydrogen-bond acceptors (Lipinski definition) is 1. The van der Waals surface area contributed by atoms with Crippen molar-refractivity contribution in [2.24, 2.45) is 0 Å². The van der Waals surface area contributed by atoms with Crippen LogP contribution in [0, 0.1) is 0 Å². The van der Waals surface area contributed by atoms with E-state index in [1.807, 2.05) is 0 Å². The number of fused-ring (bicyclic) bond motifs is 1. The number of rotatable bonds is 5. The minimum atomic E-state index is 1.09. The second kappa shape index (κ2) is 9.32. The van der Waals surface area contributed by atoms with Gasteiger partial charge in [-0.15, -0.1) is 0 Å². The molecular formula is C34H25N. The highest BCUT2D eigenvalue weighted by atomic mass is 14.9. The Kier molecular flexibility index (Phi) is 5.58. The molecule has 0 unspecified atom stereocenters. The molecule has 166 valence electrons. The first-order chi connectivity index (χ1) is 17.4. The molecular weight excluding hydrogens is 422 g/mol. The molecule has 0 fully saturated rings. The molecule has 0 atom stereocenters. The molecule has 0 aliphatic carbocycles. The molecule has 0 spiro atoms. The average Bonchev–Trinajstić information content (AvgIpc) is 2.94. The highest BCUT2D eigenvalue weighted by Crippen LogP contribution is 2.45. The molecule has 1 nitrogen and oxygen atoms in total. The molecule has 6 aromatic rings. The molecule has 0 aliphatic rings. The van der Waals surface area contributed by atoms with Gasteiger partial charge in [0.2, 0.25) is 0 Å². The Bertz CT molecular complexity index is 1580. The summed E-state index contributed by atoms with van der Waals surface area (Å²) >= 11 is 0. The number of anilines is 2. The molecule has 0 aromatic heterocycles. The minimum absolute atomic E-state index is 1.09. The van der Waals surface area contributed by atoms with Gasteiger partial charge in [0.15, 0.2) is 0 Å². The molecule has 0 radical (unpaired) electrons. The van der Waals surface area contributed by atoms with Gasteiger partial charge < -0.3 is 5.32 Å². The van der Waals surface area contributed by atoms with Crippen molar-refractivity contribution in [3.63, 3.8) is 0 Å². The third kappa shape index (κ3) is 4.09. The Balaban J connectivity index is 1.64. The van der Waals surface area contributed by atoms with E-state index in [0.717, 1.165) is 11.4 Å². The zero-order chi connectivity index (χ0) is 23.5. The van der Waals surface area contributed by atoms with Crippen LogP contribution >= 0.6 is 0 Å². The van der Waals surface area contributed by atoms with Gasteiger partial charge in [0.1, 0.15) is 0 Å². The molecule has 0 heterocycles. The summed E-state index contributed by atoms with van der Waals surface area (Å²) in [5.74, 6) is 0. The van der Waals surface area contributed by atoms with Crippen LogP contribution in [0.2, 0.25) is 0 Å². The number of benzene rings is 6. The first-order valence-electron chi connectivity index (χ1n) is 12.0. The lowest BCUT2D eigenvalue weighted by Crippen LogP contribution is -1.98. The fraction of sp³-hybridized carbons (Fsp3) is 0. The molecule has 0 amide bonds. The maximum atomic E-state index is 3.80. The van der Waals surface area contributed by atoms with E-state index in [9.17, 15) is 0 Å². The average molecular weight is 448 g/mol. The van der Waals surface area contributed by atoms with Gasteiger partial charge in [-0.2, -0.15) is 0 Å². The first-order valence-corrected chi connectivity index (χ1v) is 12.0. The third-order valence-electron chi connectivity index (χ3n) is 6.47. The van der Waals surface area contributed by atoms with Crippen LogP contribution in [0.1, 0.15) is 0 Å². The summed E-state index contributed by atoms with van der Waals surface area (Å²) in [6.45, 7) is 0. The van der Waals surface area contributed by atoms with Crippen LogP contribution < -0.4 is 5.32 Å². The highest BCUT2D eigenvalue weighted by Gasteiger charge is 2.18. The Hall–Kier alpha value is -4.62. The molecule has 0 saturated heterocycles. The van der Waals surface area contributed by atoms with Crippen LogP contribution in [-0.2, 0) is 0 Å². The lowest BCUT2D eigenvalue weighted by molar-refractivity contribution is 1.52. The van der Waals surface area contributed by atoms with Gasteiger partial charge in [-0.1, -0.05) is 133 Å². The molecule has 0 aliphatic heterocycles. The zero-order valence-corrected chi connectivity index (χ0v) is 19.4. The summed E-state index contributed by atoms with van der Waals surface area (Å²) in [7, 11) is 0. The molecule has 35 heavy (non-hydrogen) atoms. The van der Waals surface area contributed by atoms with E-state index in [1.54, 1.807) is 0 Å². The Labute approximate surface area is 206 Å². The van der Waals surface area contributed by atoms with E-state index in [1.165, 1.54) is 44.2 Å². The highest BCUT2D eigenvalue weighted by molar-refractivity contribution is 6.03. The van der Waals surface area contributed by atoms with Gasteiger partial charge in [-0.3, -0.25) is 0 Å². The predicted molar refractivity (Wildman–Crippen MR) is 150 cm³/mol. The Morgan fingerprint density at radius 1 is 0.343 bits per heavy atom. The van der Waals surface area contributed by atoms with Gasteiger partial charge in [0, 0.05) is 22.3 Å². The van der Waals surface area contributed by atoms with E-state index in [-0.39, 0.29) is 0 Å². The molecule has 0 bridgehead atoms. The van der Waals surface area contributed by atoms with Crippen molar-refractivity contribution >= 4 is 22.1 Å². The van der Waals surface area contributed by atoms with Crippen molar-refractivity contribution in [1.82, 2.24) is 0 Å².